The molecule has 3 aromatic carbocycles. The Morgan fingerprint density at radius 3 is 1.98 bits per heavy atom. The highest BCUT2D eigenvalue weighted by Gasteiger charge is 2.23. The van der Waals surface area contributed by atoms with Crippen molar-refractivity contribution < 1.29 is 37.4 Å². The van der Waals surface area contributed by atoms with Crippen LogP contribution in [0.2, 0.25) is 0 Å². The number of hydrogen-bond acceptors (Lipinski definition) is 6. The molecule has 0 saturated carbocycles. The quantitative estimate of drug-likeness (QED) is 0.151. The summed E-state index contributed by atoms with van der Waals surface area (Å²) >= 11 is 0. The number of nitrogens with one attached hydrogen (secondary N) is 2. The van der Waals surface area contributed by atoms with Gasteiger partial charge in [0.2, 0.25) is 5.91 Å². The van der Waals surface area contributed by atoms with Crippen LogP contribution in [0.5, 0.6) is 5.75 Å². The fourth-order valence-electron chi connectivity index (χ4n) is 4.50. The van der Waals surface area contributed by atoms with Gasteiger partial charge in [0.1, 0.15) is 11.8 Å². The third-order valence-electron chi connectivity index (χ3n) is 7.12. The lowest BCUT2D eigenvalue weighted by molar-refractivity contribution is -0.137. The highest BCUT2D eigenvalue weighted by atomic mass is 19.3. The maximum atomic E-state index is 13.1. The van der Waals surface area contributed by atoms with Crippen molar-refractivity contribution in [2.24, 2.45) is 0 Å². The van der Waals surface area contributed by atoms with Crippen LogP contribution in [-0.2, 0) is 21.4 Å². The number of rotatable bonds is 12. The molecule has 9 nitrogen and oxygen atoms in total. The number of hydrogen-bond donors (Lipinski definition) is 3. The molecule has 1 heterocycles. The normalized spacial score (nSPS) is 11.7. The molecule has 0 aliphatic rings. The van der Waals surface area contributed by atoms with E-state index in [0.717, 1.165) is 11.1 Å². The van der Waals surface area contributed by atoms with E-state index in [2.05, 4.69) is 46.1 Å². The summed E-state index contributed by atoms with van der Waals surface area (Å²) in [6, 6.07) is 17.1. The fourth-order valence-corrected chi connectivity index (χ4v) is 4.50. The largest absolute Gasteiger partial charge is 0.481 e. The SMILES string of the molecule is CC(C)(C)c1ccc(C(=O)N[C@@H](Cc2ccc(-c3ncc(-c4ccc(OC(F)=C(F)F)cc4)cn3)cc2)C(=O)NCCC(=O)O)cc1. The Labute approximate surface area is 269 Å². The predicted octanol–water partition coefficient (Wildman–Crippen LogP) is 6.45. The van der Waals surface area contributed by atoms with E-state index in [0.29, 0.717) is 28.1 Å². The van der Waals surface area contributed by atoms with E-state index in [1.165, 1.54) is 12.1 Å². The molecule has 0 fully saturated rings. The second kappa shape index (κ2) is 15.2. The summed E-state index contributed by atoms with van der Waals surface area (Å²) in [5.41, 5.74) is 4.05. The molecule has 0 aliphatic heterocycles. The first-order valence-electron chi connectivity index (χ1n) is 14.6. The van der Waals surface area contributed by atoms with Crippen LogP contribution in [0, 0.1) is 0 Å². The highest BCUT2D eigenvalue weighted by Crippen LogP contribution is 2.26. The van der Waals surface area contributed by atoms with Gasteiger partial charge in [-0.25, -0.2) is 9.97 Å². The number of nitrogens with zero attached hydrogens (tertiary/aromatic N) is 2. The second-order valence-corrected chi connectivity index (χ2v) is 11.6. The number of carboxylic acids is 1. The second-order valence-electron chi connectivity index (χ2n) is 11.6. The van der Waals surface area contributed by atoms with Gasteiger partial charge in [0, 0.05) is 42.0 Å². The van der Waals surface area contributed by atoms with Crippen LogP contribution in [-0.4, -0.2) is 45.4 Å². The van der Waals surface area contributed by atoms with Crippen LogP contribution < -0.4 is 15.4 Å². The van der Waals surface area contributed by atoms with Gasteiger partial charge in [-0.1, -0.05) is 69.3 Å². The summed E-state index contributed by atoms with van der Waals surface area (Å²) in [6.45, 7) is 6.11. The maximum absolute atomic E-state index is 13.1. The molecule has 0 spiro atoms. The van der Waals surface area contributed by atoms with Crippen molar-refractivity contribution in [3.63, 3.8) is 0 Å². The zero-order valence-electron chi connectivity index (χ0n) is 25.9. The van der Waals surface area contributed by atoms with Crippen LogP contribution in [0.4, 0.5) is 13.2 Å². The molecule has 2 amide bonds. The zero-order chi connectivity index (χ0) is 34.1. The van der Waals surface area contributed by atoms with Crippen molar-refractivity contribution in [1.82, 2.24) is 20.6 Å². The predicted molar refractivity (Wildman–Crippen MR) is 169 cm³/mol. The number of benzene rings is 3. The van der Waals surface area contributed by atoms with Gasteiger partial charge in [0.05, 0.1) is 6.42 Å². The summed E-state index contributed by atoms with van der Waals surface area (Å²) in [7, 11) is 0. The Morgan fingerprint density at radius 1 is 0.830 bits per heavy atom. The van der Waals surface area contributed by atoms with Crippen molar-refractivity contribution in [2.45, 2.75) is 45.1 Å². The number of aliphatic carboxylic acids is 1. The van der Waals surface area contributed by atoms with Crippen molar-refractivity contribution >= 4 is 17.8 Å². The van der Waals surface area contributed by atoms with Gasteiger partial charge < -0.3 is 20.5 Å². The summed E-state index contributed by atoms with van der Waals surface area (Å²) in [4.78, 5) is 45.8. The Bertz CT molecular complexity index is 1730. The first kappa shape index (κ1) is 34.4. The monoisotopic (exact) mass is 646 g/mol. The number of carbonyl (C=O) groups is 3. The van der Waals surface area contributed by atoms with Gasteiger partial charge in [-0.3, -0.25) is 14.4 Å². The molecule has 0 unspecified atom stereocenters. The van der Waals surface area contributed by atoms with E-state index in [9.17, 15) is 27.6 Å². The van der Waals surface area contributed by atoms with E-state index >= 15 is 0 Å². The fraction of sp³-hybridized carbons (Fsp3) is 0.229. The van der Waals surface area contributed by atoms with Crippen LogP contribution in [0.3, 0.4) is 0 Å². The minimum atomic E-state index is -2.55. The molecular weight excluding hydrogens is 613 g/mol. The summed E-state index contributed by atoms with van der Waals surface area (Å²) in [5.74, 6) is -1.68. The Balaban J connectivity index is 1.45. The molecule has 0 aliphatic carbocycles. The Morgan fingerprint density at radius 2 is 1.43 bits per heavy atom. The van der Waals surface area contributed by atoms with E-state index in [1.54, 1.807) is 60.9 Å². The van der Waals surface area contributed by atoms with Gasteiger partial charge in [-0.15, -0.1) is 0 Å². The number of carboxylic acid groups (broad SMARTS) is 1. The number of amides is 2. The summed E-state index contributed by atoms with van der Waals surface area (Å²) < 4.78 is 42.0. The summed E-state index contributed by atoms with van der Waals surface area (Å²) in [5, 5.41) is 14.3. The maximum Gasteiger partial charge on any atom is 0.344 e. The molecule has 1 atom stereocenters. The third kappa shape index (κ3) is 9.73. The lowest BCUT2D eigenvalue weighted by atomic mass is 9.86. The van der Waals surface area contributed by atoms with E-state index < -0.39 is 35.9 Å². The molecule has 0 bridgehead atoms. The van der Waals surface area contributed by atoms with E-state index in [-0.39, 0.29) is 30.6 Å². The lowest BCUT2D eigenvalue weighted by Gasteiger charge is -2.20. The highest BCUT2D eigenvalue weighted by molar-refractivity contribution is 5.97. The van der Waals surface area contributed by atoms with Crippen molar-refractivity contribution in [3.8, 4) is 28.3 Å². The molecule has 1 aromatic heterocycles. The zero-order valence-corrected chi connectivity index (χ0v) is 25.9. The average molecular weight is 647 g/mol. The van der Waals surface area contributed by atoms with Gasteiger partial charge in [-0.05, 0) is 46.4 Å². The number of aromatic nitrogens is 2. The standard InChI is InChI=1S/C35H33F3N4O5/c1-35(2,3)26-12-8-24(9-13-26)33(45)42-28(34(46)39-17-16-29(43)44)18-21-4-6-23(7-5-21)32-40-19-25(20-41-32)22-10-14-27(15-11-22)47-31(38)30(36)37/h4-15,19-20,28H,16-18H2,1-3H3,(H,39,46)(H,42,45)(H,43,44)/t28-/m0/s1. The van der Waals surface area contributed by atoms with Crippen LogP contribution >= 0.6 is 0 Å². The Hall–Kier alpha value is -5.52. The molecule has 4 rings (SSSR count). The molecule has 12 heteroatoms. The van der Waals surface area contributed by atoms with Gasteiger partial charge >= 0.3 is 18.1 Å². The minimum Gasteiger partial charge on any atom is -0.481 e. The smallest absolute Gasteiger partial charge is 0.344 e. The first-order valence-corrected chi connectivity index (χ1v) is 14.6. The Kier molecular flexibility index (Phi) is 11.1. The van der Waals surface area contributed by atoms with E-state index in [1.807, 2.05) is 12.1 Å². The number of ether oxygens (including phenoxy) is 1. The molecule has 0 saturated heterocycles. The van der Waals surface area contributed by atoms with Crippen molar-refractivity contribution in [3.05, 3.63) is 114 Å². The minimum absolute atomic E-state index is 0.0833. The van der Waals surface area contributed by atoms with E-state index in [4.69, 9.17) is 5.11 Å². The van der Waals surface area contributed by atoms with Crippen LogP contribution in [0.15, 0.2) is 97.3 Å². The van der Waals surface area contributed by atoms with Crippen LogP contribution in [0.1, 0.15) is 48.7 Å². The third-order valence-corrected chi connectivity index (χ3v) is 7.12. The summed E-state index contributed by atoms with van der Waals surface area (Å²) in [6.07, 6.45) is 0.493. The molecule has 4 aromatic rings. The first-order chi connectivity index (χ1) is 22.3. The topological polar surface area (TPSA) is 131 Å². The van der Waals surface area contributed by atoms with Crippen molar-refractivity contribution in [1.29, 1.82) is 0 Å². The molecular formula is C35H33F3N4O5. The van der Waals surface area contributed by atoms with Crippen molar-refractivity contribution in [2.75, 3.05) is 6.54 Å². The molecule has 3 N–H and O–H groups in total. The van der Waals surface area contributed by atoms with Gasteiger partial charge in [-0.2, -0.15) is 13.2 Å². The molecule has 0 radical (unpaired) electrons. The number of carbonyl (C=O) groups excluding carboxylic acids is 2. The van der Waals surface area contributed by atoms with Crippen LogP contribution in [0.25, 0.3) is 22.5 Å². The molecule has 244 valence electrons. The molecule has 47 heavy (non-hydrogen) atoms. The van der Waals surface area contributed by atoms with Gasteiger partial charge in [0.15, 0.2) is 5.82 Å². The van der Waals surface area contributed by atoms with Gasteiger partial charge in [0.25, 0.3) is 5.91 Å². The number of halogens is 3. The lowest BCUT2D eigenvalue weighted by Crippen LogP contribution is -2.48. The average Bonchev–Trinajstić information content (AvgIpc) is 3.04.